The minimum atomic E-state index is -0.776. The van der Waals surface area contributed by atoms with Gasteiger partial charge in [-0.2, -0.15) is 0 Å². The Morgan fingerprint density at radius 3 is 2.79 bits per heavy atom. The summed E-state index contributed by atoms with van der Waals surface area (Å²) < 4.78 is 31.1. The first-order chi connectivity index (χ1) is 8.99. The van der Waals surface area contributed by atoms with E-state index in [1.54, 1.807) is 6.92 Å². The van der Waals surface area contributed by atoms with Crippen LogP contribution in [0.3, 0.4) is 0 Å². The van der Waals surface area contributed by atoms with E-state index in [4.69, 9.17) is 17.0 Å². The summed E-state index contributed by atoms with van der Waals surface area (Å²) in [4.78, 5) is 13.0. The van der Waals surface area contributed by atoms with Crippen LogP contribution in [0.15, 0.2) is 18.2 Å². The Kier molecular flexibility index (Phi) is 3.94. The molecule has 1 aromatic carbocycles. The minimum Gasteiger partial charge on any atom is -0.489 e. The monoisotopic (exact) mass is 286 g/mol. The van der Waals surface area contributed by atoms with Gasteiger partial charge in [0.2, 0.25) is 0 Å². The molecular weight excluding hydrogens is 274 g/mol. The molecule has 1 unspecified atom stereocenters. The van der Waals surface area contributed by atoms with Crippen molar-refractivity contribution in [1.29, 1.82) is 0 Å². The van der Waals surface area contributed by atoms with Gasteiger partial charge in [-0.25, -0.2) is 8.78 Å². The number of hydrogen-bond donors (Lipinski definition) is 1. The van der Waals surface area contributed by atoms with Crippen molar-refractivity contribution in [2.24, 2.45) is 0 Å². The van der Waals surface area contributed by atoms with Crippen molar-refractivity contribution in [3.8, 4) is 5.75 Å². The van der Waals surface area contributed by atoms with Crippen molar-refractivity contribution in [2.45, 2.75) is 13.0 Å². The molecule has 0 aromatic heterocycles. The maximum Gasteiger partial charge on any atom is 0.251 e. The van der Waals surface area contributed by atoms with Crippen LogP contribution in [-0.2, 0) is 4.79 Å². The Morgan fingerprint density at radius 2 is 2.21 bits per heavy atom. The lowest BCUT2D eigenvalue weighted by atomic mass is 10.3. The number of thiocarbonyl (C=S) groups is 1. The van der Waals surface area contributed by atoms with E-state index in [-0.39, 0.29) is 30.9 Å². The molecule has 1 aliphatic rings. The van der Waals surface area contributed by atoms with Crippen LogP contribution in [0.5, 0.6) is 5.75 Å². The van der Waals surface area contributed by atoms with Crippen LogP contribution in [0, 0.1) is 11.6 Å². The number of hydrogen-bond acceptors (Lipinski definition) is 3. The number of benzene rings is 1. The fraction of sp³-hybridized carbons (Fsp3) is 0.333. The molecule has 0 radical (unpaired) electrons. The Balaban J connectivity index is 1.90. The maximum atomic E-state index is 13.3. The molecule has 1 fully saturated rings. The lowest BCUT2D eigenvalue weighted by molar-refractivity contribution is -0.126. The van der Waals surface area contributed by atoms with E-state index >= 15 is 0 Å². The molecule has 102 valence electrons. The number of ether oxygens (including phenoxy) is 1. The fourth-order valence-electron chi connectivity index (χ4n) is 1.71. The van der Waals surface area contributed by atoms with E-state index in [0.29, 0.717) is 5.11 Å². The van der Waals surface area contributed by atoms with Crippen molar-refractivity contribution in [2.75, 3.05) is 13.2 Å². The predicted octanol–water partition coefficient (Wildman–Crippen LogP) is 1.45. The average molecular weight is 286 g/mol. The first kappa shape index (κ1) is 13.7. The molecule has 0 saturated carbocycles. The molecule has 2 rings (SSSR count). The highest BCUT2D eigenvalue weighted by Crippen LogP contribution is 2.17. The lowest BCUT2D eigenvalue weighted by Gasteiger charge is -2.15. The third-order valence-electron chi connectivity index (χ3n) is 2.69. The molecule has 4 nitrogen and oxygen atoms in total. The molecule has 0 aliphatic carbocycles. The zero-order valence-corrected chi connectivity index (χ0v) is 11.0. The molecule has 7 heteroatoms. The smallest absolute Gasteiger partial charge is 0.251 e. The van der Waals surface area contributed by atoms with Crippen LogP contribution < -0.4 is 10.1 Å². The zero-order valence-electron chi connectivity index (χ0n) is 10.2. The van der Waals surface area contributed by atoms with Crippen molar-refractivity contribution < 1.29 is 18.3 Å². The summed E-state index contributed by atoms with van der Waals surface area (Å²) in [6.07, 6.45) is 0. The lowest BCUT2D eigenvalue weighted by Crippen LogP contribution is -2.34. The van der Waals surface area contributed by atoms with Crippen molar-refractivity contribution in [3.63, 3.8) is 0 Å². The number of carbonyl (C=O) groups is 1. The SMILES string of the molecule is CC1NC(=S)N(CCOc2ccc(F)cc2F)C1=O. The summed E-state index contributed by atoms with van der Waals surface area (Å²) in [7, 11) is 0. The van der Waals surface area contributed by atoms with Gasteiger partial charge in [0.25, 0.3) is 5.91 Å². The standard InChI is InChI=1S/C12H12F2N2O2S/c1-7-11(17)16(12(19)15-7)4-5-18-10-3-2-8(13)6-9(10)14/h2-3,6-7H,4-5H2,1H3,(H,15,19). The molecule has 0 bridgehead atoms. The molecule has 19 heavy (non-hydrogen) atoms. The number of rotatable bonds is 4. The second kappa shape index (κ2) is 5.48. The van der Waals surface area contributed by atoms with Gasteiger partial charge < -0.3 is 10.1 Å². The summed E-state index contributed by atoms with van der Waals surface area (Å²) in [5, 5.41) is 3.15. The first-order valence-electron chi connectivity index (χ1n) is 5.69. The van der Waals surface area contributed by atoms with E-state index in [9.17, 15) is 13.6 Å². The summed E-state index contributed by atoms with van der Waals surface area (Å²) in [5.41, 5.74) is 0. The van der Waals surface area contributed by atoms with E-state index in [1.807, 2.05) is 0 Å². The number of halogens is 2. The van der Waals surface area contributed by atoms with Crippen LogP contribution in [0.1, 0.15) is 6.92 Å². The van der Waals surface area contributed by atoms with Gasteiger partial charge in [0, 0.05) is 6.07 Å². The normalized spacial score (nSPS) is 18.7. The number of amides is 1. The molecule has 1 heterocycles. The Labute approximate surface area is 114 Å². The van der Waals surface area contributed by atoms with Gasteiger partial charge in [0.05, 0.1) is 6.54 Å². The number of nitrogens with zero attached hydrogens (tertiary/aromatic N) is 1. The van der Waals surface area contributed by atoms with E-state index in [2.05, 4.69) is 5.32 Å². The molecule has 0 spiro atoms. The molecule has 1 atom stereocenters. The van der Waals surface area contributed by atoms with Crippen LogP contribution >= 0.6 is 12.2 Å². The van der Waals surface area contributed by atoms with E-state index in [0.717, 1.165) is 12.1 Å². The average Bonchev–Trinajstić information content (AvgIpc) is 2.58. The topological polar surface area (TPSA) is 41.6 Å². The third kappa shape index (κ3) is 2.98. The van der Waals surface area contributed by atoms with Crippen molar-refractivity contribution >= 4 is 23.2 Å². The molecule has 1 aromatic rings. The highest BCUT2D eigenvalue weighted by atomic mass is 32.1. The second-order valence-corrected chi connectivity index (χ2v) is 4.47. The predicted molar refractivity (Wildman–Crippen MR) is 68.8 cm³/mol. The highest BCUT2D eigenvalue weighted by molar-refractivity contribution is 7.80. The van der Waals surface area contributed by atoms with Crippen LogP contribution in [0.4, 0.5) is 8.78 Å². The Bertz CT molecular complexity index is 524. The zero-order chi connectivity index (χ0) is 14.0. The van der Waals surface area contributed by atoms with Gasteiger partial charge in [-0.1, -0.05) is 0 Å². The summed E-state index contributed by atoms with van der Waals surface area (Å²) in [6, 6.07) is 2.70. The van der Waals surface area contributed by atoms with Crippen molar-refractivity contribution in [1.82, 2.24) is 10.2 Å². The van der Waals surface area contributed by atoms with Gasteiger partial charge in [0.15, 0.2) is 16.7 Å². The molecule has 1 saturated heterocycles. The van der Waals surface area contributed by atoms with Gasteiger partial charge in [-0.05, 0) is 31.3 Å². The summed E-state index contributed by atoms with van der Waals surface area (Å²) in [6.45, 7) is 1.99. The van der Waals surface area contributed by atoms with Gasteiger partial charge in [-0.3, -0.25) is 9.69 Å². The van der Waals surface area contributed by atoms with Crippen LogP contribution in [0.25, 0.3) is 0 Å². The van der Waals surface area contributed by atoms with Gasteiger partial charge in [-0.15, -0.1) is 0 Å². The highest BCUT2D eigenvalue weighted by Gasteiger charge is 2.31. The quantitative estimate of drug-likeness (QED) is 0.851. The summed E-state index contributed by atoms with van der Waals surface area (Å²) >= 11 is 4.98. The van der Waals surface area contributed by atoms with Crippen molar-refractivity contribution in [3.05, 3.63) is 29.8 Å². The molecular formula is C12H12F2N2O2S. The van der Waals surface area contributed by atoms with Gasteiger partial charge >= 0.3 is 0 Å². The second-order valence-electron chi connectivity index (χ2n) is 4.08. The van der Waals surface area contributed by atoms with E-state index < -0.39 is 11.6 Å². The molecule has 1 amide bonds. The summed E-state index contributed by atoms with van der Waals surface area (Å²) in [5.74, 6) is -1.64. The van der Waals surface area contributed by atoms with Crippen LogP contribution in [-0.4, -0.2) is 35.1 Å². The maximum absolute atomic E-state index is 13.3. The molecule has 1 aliphatic heterocycles. The Hall–Kier alpha value is -1.76. The molecule has 1 N–H and O–H groups in total. The third-order valence-corrected chi connectivity index (χ3v) is 3.03. The largest absolute Gasteiger partial charge is 0.489 e. The minimum absolute atomic E-state index is 0.0556. The number of nitrogens with one attached hydrogen (secondary N) is 1. The van der Waals surface area contributed by atoms with E-state index in [1.165, 1.54) is 11.0 Å². The number of carbonyl (C=O) groups excluding carboxylic acids is 1. The van der Waals surface area contributed by atoms with Crippen LogP contribution in [0.2, 0.25) is 0 Å². The fourth-order valence-corrected chi connectivity index (χ4v) is 2.07. The Morgan fingerprint density at radius 1 is 1.47 bits per heavy atom. The van der Waals surface area contributed by atoms with Gasteiger partial charge in [0.1, 0.15) is 18.5 Å². The first-order valence-corrected chi connectivity index (χ1v) is 6.09.